The minimum absolute atomic E-state index is 0.159. The lowest BCUT2D eigenvalue weighted by atomic mass is 10.0. The lowest BCUT2D eigenvalue weighted by Crippen LogP contribution is -2.09. The van der Waals surface area contributed by atoms with Gasteiger partial charge in [-0.1, -0.05) is 0 Å². The van der Waals surface area contributed by atoms with Gasteiger partial charge in [0.05, 0.1) is 36.5 Å². The summed E-state index contributed by atoms with van der Waals surface area (Å²) in [6.45, 7) is 0.889. The van der Waals surface area contributed by atoms with Crippen LogP contribution in [-0.4, -0.2) is 25.4 Å². The molecule has 0 saturated carbocycles. The lowest BCUT2D eigenvalue weighted by molar-refractivity contribution is -0.138. The second-order valence-corrected chi connectivity index (χ2v) is 7.06. The molecule has 2 aromatic rings. The van der Waals surface area contributed by atoms with Crippen LogP contribution in [0.3, 0.4) is 0 Å². The largest absolute Gasteiger partial charge is 0.457 e. The Morgan fingerprint density at radius 1 is 0.724 bits per heavy atom. The quantitative estimate of drug-likeness (QED) is 0.466. The third-order valence-electron chi connectivity index (χ3n) is 4.70. The van der Waals surface area contributed by atoms with Crippen molar-refractivity contribution in [3.05, 3.63) is 58.7 Å². The molecule has 0 spiro atoms. The van der Waals surface area contributed by atoms with E-state index in [0.29, 0.717) is 13.2 Å². The number of ether oxygens (including phenoxy) is 3. The van der Waals surface area contributed by atoms with Crippen LogP contribution in [0.2, 0.25) is 0 Å². The van der Waals surface area contributed by atoms with E-state index in [1.165, 1.54) is 12.1 Å². The maximum Gasteiger partial charge on any atom is 0.416 e. The van der Waals surface area contributed by atoms with Gasteiger partial charge in [-0.3, -0.25) is 0 Å². The first-order chi connectivity index (χ1) is 13.6. The highest BCUT2D eigenvalue weighted by atomic mass is 19.4. The second-order valence-electron chi connectivity index (χ2n) is 7.06. The van der Waals surface area contributed by atoms with Crippen LogP contribution in [0, 0.1) is 0 Å². The summed E-state index contributed by atoms with van der Waals surface area (Å²) in [6, 6.07) is 6.14. The van der Waals surface area contributed by atoms with E-state index in [2.05, 4.69) is 0 Å². The van der Waals surface area contributed by atoms with Gasteiger partial charge in [0.2, 0.25) is 0 Å². The standard InChI is InChI=1S/C20H16F6O3/c21-19(22,23)13-1-3-17(11(5-13)7-15-9-27-15)29-18-4-2-14(20(24,25)26)6-12(18)8-16-10-28-16/h1-6,15-16H,7-10H2. The molecular weight excluding hydrogens is 402 g/mol. The normalized spacial score (nSPS) is 21.2. The van der Waals surface area contributed by atoms with Gasteiger partial charge in [0.15, 0.2) is 0 Å². The maximum absolute atomic E-state index is 13.1. The van der Waals surface area contributed by atoms with Crippen LogP contribution in [0.1, 0.15) is 22.3 Å². The predicted molar refractivity (Wildman–Crippen MR) is 89.9 cm³/mol. The summed E-state index contributed by atoms with van der Waals surface area (Å²) < 4.78 is 94.3. The van der Waals surface area contributed by atoms with Crippen molar-refractivity contribution in [2.75, 3.05) is 13.2 Å². The summed E-state index contributed by atoms with van der Waals surface area (Å²) in [7, 11) is 0. The van der Waals surface area contributed by atoms with E-state index < -0.39 is 23.5 Å². The third-order valence-corrected chi connectivity index (χ3v) is 4.70. The second kappa shape index (κ2) is 7.21. The molecule has 2 atom stereocenters. The van der Waals surface area contributed by atoms with Crippen molar-refractivity contribution >= 4 is 0 Å². The molecule has 29 heavy (non-hydrogen) atoms. The highest BCUT2D eigenvalue weighted by Crippen LogP contribution is 2.39. The number of alkyl halides is 6. The van der Waals surface area contributed by atoms with Gasteiger partial charge in [-0.05, 0) is 47.5 Å². The number of rotatable bonds is 6. The molecule has 2 aliphatic rings. The third kappa shape index (κ3) is 5.02. The molecule has 2 heterocycles. The molecule has 2 aliphatic heterocycles. The summed E-state index contributed by atoms with van der Waals surface area (Å²) >= 11 is 0. The predicted octanol–water partition coefficient (Wildman–Crippen LogP) is 5.40. The molecule has 156 valence electrons. The number of halogens is 6. The summed E-state index contributed by atoms with van der Waals surface area (Å²) in [5.74, 6) is 0.317. The van der Waals surface area contributed by atoms with Crippen molar-refractivity contribution in [1.29, 1.82) is 0 Å². The zero-order chi connectivity index (χ0) is 20.8. The fraction of sp³-hybridized carbons (Fsp3) is 0.400. The van der Waals surface area contributed by atoms with E-state index in [4.69, 9.17) is 14.2 Å². The number of epoxide rings is 2. The summed E-state index contributed by atoms with van der Waals surface area (Å²) in [6.07, 6.45) is -8.95. The minimum Gasteiger partial charge on any atom is -0.457 e. The topological polar surface area (TPSA) is 34.3 Å². The molecule has 3 nitrogen and oxygen atoms in total. The van der Waals surface area contributed by atoms with Crippen LogP contribution in [0.5, 0.6) is 11.5 Å². The Morgan fingerprint density at radius 3 is 1.41 bits per heavy atom. The van der Waals surface area contributed by atoms with Crippen LogP contribution in [0.4, 0.5) is 26.3 Å². The zero-order valence-electron chi connectivity index (χ0n) is 14.9. The molecule has 2 fully saturated rings. The van der Waals surface area contributed by atoms with E-state index >= 15 is 0 Å². The molecule has 2 saturated heterocycles. The van der Waals surface area contributed by atoms with Crippen molar-refractivity contribution < 1.29 is 40.6 Å². The van der Waals surface area contributed by atoms with E-state index in [1.807, 2.05) is 0 Å². The van der Waals surface area contributed by atoms with Gasteiger partial charge in [0, 0.05) is 12.8 Å². The monoisotopic (exact) mass is 418 g/mol. The van der Waals surface area contributed by atoms with Gasteiger partial charge in [0.1, 0.15) is 11.5 Å². The molecule has 0 aliphatic carbocycles. The van der Waals surface area contributed by atoms with Gasteiger partial charge < -0.3 is 14.2 Å². The number of hydrogen-bond donors (Lipinski definition) is 0. The van der Waals surface area contributed by atoms with Crippen molar-refractivity contribution in [2.24, 2.45) is 0 Å². The van der Waals surface area contributed by atoms with Crippen LogP contribution in [-0.2, 0) is 34.7 Å². The molecule has 0 bridgehead atoms. The van der Waals surface area contributed by atoms with E-state index in [1.54, 1.807) is 0 Å². The zero-order valence-corrected chi connectivity index (χ0v) is 14.9. The molecule has 2 unspecified atom stereocenters. The molecule has 0 radical (unpaired) electrons. The van der Waals surface area contributed by atoms with E-state index in [0.717, 1.165) is 24.3 Å². The smallest absolute Gasteiger partial charge is 0.416 e. The molecule has 2 aromatic carbocycles. The Balaban J connectivity index is 1.67. The molecule has 9 heteroatoms. The summed E-state index contributed by atoms with van der Waals surface area (Å²) in [5.41, 5.74) is -1.06. The van der Waals surface area contributed by atoms with Gasteiger partial charge in [-0.15, -0.1) is 0 Å². The van der Waals surface area contributed by atoms with Gasteiger partial charge in [0.25, 0.3) is 0 Å². The first kappa shape index (κ1) is 20.0. The SMILES string of the molecule is FC(F)(F)c1ccc(Oc2ccc(C(F)(F)F)cc2CC2CO2)c(CC2CO2)c1. The Morgan fingerprint density at radius 2 is 1.10 bits per heavy atom. The van der Waals surface area contributed by atoms with E-state index in [9.17, 15) is 26.3 Å². The first-order valence-electron chi connectivity index (χ1n) is 8.91. The van der Waals surface area contributed by atoms with Gasteiger partial charge in [-0.25, -0.2) is 0 Å². The fourth-order valence-corrected chi connectivity index (χ4v) is 3.01. The Bertz CT molecular complexity index is 825. The maximum atomic E-state index is 13.1. The molecular formula is C20H16F6O3. The van der Waals surface area contributed by atoms with Crippen LogP contribution in [0.15, 0.2) is 36.4 Å². The molecule has 0 N–H and O–H groups in total. The summed E-state index contributed by atoms with van der Waals surface area (Å²) in [4.78, 5) is 0. The number of benzene rings is 2. The first-order valence-corrected chi connectivity index (χ1v) is 8.91. The average Bonchev–Trinajstić information content (AvgIpc) is 3.52. The van der Waals surface area contributed by atoms with Gasteiger partial charge in [-0.2, -0.15) is 26.3 Å². The van der Waals surface area contributed by atoms with Gasteiger partial charge >= 0.3 is 12.4 Å². The minimum atomic E-state index is -4.51. The summed E-state index contributed by atoms with van der Waals surface area (Å²) in [5, 5.41) is 0. The average molecular weight is 418 g/mol. The van der Waals surface area contributed by atoms with Crippen LogP contribution < -0.4 is 4.74 Å². The fourth-order valence-electron chi connectivity index (χ4n) is 3.01. The van der Waals surface area contributed by atoms with Crippen molar-refractivity contribution in [2.45, 2.75) is 37.4 Å². The highest BCUT2D eigenvalue weighted by Gasteiger charge is 2.34. The Hall–Kier alpha value is -2.26. The Kier molecular flexibility index (Phi) is 4.98. The van der Waals surface area contributed by atoms with E-state index in [-0.39, 0.29) is 47.7 Å². The molecule has 4 rings (SSSR count). The van der Waals surface area contributed by atoms with Crippen LogP contribution in [0.25, 0.3) is 0 Å². The number of hydrogen-bond acceptors (Lipinski definition) is 3. The van der Waals surface area contributed by atoms with Crippen molar-refractivity contribution in [3.8, 4) is 11.5 Å². The lowest BCUT2D eigenvalue weighted by Gasteiger charge is -2.17. The molecule has 0 amide bonds. The van der Waals surface area contributed by atoms with Crippen LogP contribution >= 0.6 is 0 Å². The highest BCUT2D eigenvalue weighted by molar-refractivity contribution is 5.46. The Labute approximate surface area is 162 Å². The molecule has 0 aromatic heterocycles. The van der Waals surface area contributed by atoms with Crippen molar-refractivity contribution in [1.82, 2.24) is 0 Å². The van der Waals surface area contributed by atoms with Crippen molar-refractivity contribution in [3.63, 3.8) is 0 Å².